The number of nitrogens with zero attached hydrogens (tertiary/aromatic N) is 2. The van der Waals surface area contributed by atoms with E-state index in [0.29, 0.717) is 13.0 Å². The summed E-state index contributed by atoms with van der Waals surface area (Å²) in [6.45, 7) is 0.429. The zero-order valence-electron chi connectivity index (χ0n) is 10.8. The lowest BCUT2D eigenvalue weighted by molar-refractivity contribution is -0.132. The Balaban J connectivity index is 1.89. The number of aromatic nitrogens is 1. The molecule has 2 rings (SSSR count). The van der Waals surface area contributed by atoms with E-state index in [1.54, 1.807) is 18.1 Å². The molecule has 4 nitrogen and oxygen atoms in total. The smallest absolute Gasteiger partial charge is 0.228 e. The average Bonchev–Trinajstić information content (AvgIpc) is 2.77. The van der Waals surface area contributed by atoms with E-state index in [9.17, 15) is 9.90 Å². The predicted octanol–water partition coefficient (Wildman–Crippen LogP) is 1.39. The topological polar surface area (TPSA) is 53.4 Å². The van der Waals surface area contributed by atoms with Crippen molar-refractivity contribution in [2.24, 2.45) is 0 Å². The molecule has 98 valence electrons. The van der Waals surface area contributed by atoms with E-state index in [1.165, 1.54) is 0 Å². The standard InChI is InChI=1S/C14H20N2O2/c1-16(11-14(18)7-3-4-8-14)13(17)10-12-6-2-5-9-15-12/h2,5-6,9,18H,3-4,7-8,10-11H2,1H3. The SMILES string of the molecule is CN(CC1(O)CCCC1)C(=O)Cc1ccccn1. The van der Waals surface area contributed by atoms with Gasteiger partial charge < -0.3 is 10.0 Å². The predicted molar refractivity (Wildman–Crippen MR) is 69.0 cm³/mol. The van der Waals surface area contributed by atoms with Gasteiger partial charge in [0.1, 0.15) is 0 Å². The third kappa shape index (κ3) is 3.29. The lowest BCUT2D eigenvalue weighted by Gasteiger charge is -2.28. The van der Waals surface area contributed by atoms with Crippen LogP contribution in [0.4, 0.5) is 0 Å². The van der Waals surface area contributed by atoms with Crippen LogP contribution in [0.5, 0.6) is 0 Å². The van der Waals surface area contributed by atoms with E-state index in [4.69, 9.17) is 0 Å². The number of hydrogen-bond donors (Lipinski definition) is 1. The van der Waals surface area contributed by atoms with Crippen molar-refractivity contribution in [1.29, 1.82) is 0 Å². The zero-order chi connectivity index (χ0) is 13.0. The van der Waals surface area contributed by atoms with Crippen LogP contribution in [-0.4, -0.2) is 40.1 Å². The summed E-state index contributed by atoms with van der Waals surface area (Å²) in [4.78, 5) is 17.8. The van der Waals surface area contributed by atoms with E-state index in [-0.39, 0.29) is 5.91 Å². The molecule has 1 aromatic rings. The number of likely N-dealkylation sites (N-methyl/N-ethyl adjacent to an activating group) is 1. The molecule has 1 fully saturated rings. The third-order valence-electron chi connectivity index (χ3n) is 3.55. The molecule has 0 radical (unpaired) electrons. The molecule has 1 heterocycles. The highest BCUT2D eigenvalue weighted by atomic mass is 16.3. The molecule has 0 aliphatic heterocycles. The molecular formula is C14H20N2O2. The van der Waals surface area contributed by atoms with E-state index in [0.717, 1.165) is 31.4 Å². The minimum atomic E-state index is -0.672. The van der Waals surface area contributed by atoms with Gasteiger partial charge in [-0.25, -0.2) is 0 Å². The maximum absolute atomic E-state index is 12.0. The third-order valence-corrected chi connectivity index (χ3v) is 3.55. The van der Waals surface area contributed by atoms with Gasteiger partial charge in [-0.05, 0) is 25.0 Å². The molecule has 0 spiro atoms. The quantitative estimate of drug-likeness (QED) is 0.876. The fourth-order valence-corrected chi connectivity index (χ4v) is 2.51. The van der Waals surface area contributed by atoms with Crippen LogP contribution >= 0.6 is 0 Å². The van der Waals surface area contributed by atoms with E-state index < -0.39 is 5.60 Å². The molecule has 0 bridgehead atoms. The van der Waals surface area contributed by atoms with Gasteiger partial charge in [-0.1, -0.05) is 18.9 Å². The van der Waals surface area contributed by atoms with Crippen LogP contribution in [-0.2, 0) is 11.2 Å². The molecule has 0 unspecified atom stereocenters. The summed E-state index contributed by atoms with van der Waals surface area (Å²) in [5, 5.41) is 10.3. The second-order valence-electron chi connectivity index (χ2n) is 5.18. The fourth-order valence-electron chi connectivity index (χ4n) is 2.51. The van der Waals surface area contributed by atoms with Gasteiger partial charge in [-0.2, -0.15) is 0 Å². The second-order valence-corrected chi connectivity index (χ2v) is 5.18. The van der Waals surface area contributed by atoms with Gasteiger partial charge in [0.15, 0.2) is 0 Å². The largest absolute Gasteiger partial charge is 0.388 e. The van der Waals surface area contributed by atoms with Crippen molar-refractivity contribution in [2.45, 2.75) is 37.7 Å². The first-order valence-electron chi connectivity index (χ1n) is 6.45. The summed E-state index contributed by atoms with van der Waals surface area (Å²) in [5.41, 5.74) is 0.0990. The van der Waals surface area contributed by atoms with Crippen LogP contribution in [0.2, 0.25) is 0 Å². The molecule has 1 amide bonds. The van der Waals surface area contributed by atoms with Crippen molar-refractivity contribution < 1.29 is 9.90 Å². The van der Waals surface area contributed by atoms with Crippen LogP contribution in [0.15, 0.2) is 24.4 Å². The monoisotopic (exact) mass is 248 g/mol. The number of aliphatic hydroxyl groups is 1. The van der Waals surface area contributed by atoms with Crippen molar-refractivity contribution in [1.82, 2.24) is 9.88 Å². The lowest BCUT2D eigenvalue weighted by atomic mass is 10.0. The Labute approximate surface area is 108 Å². The van der Waals surface area contributed by atoms with Crippen molar-refractivity contribution >= 4 is 5.91 Å². The highest BCUT2D eigenvalue weighted by Gasteiger charge is 2.33. The molecule has 18 heavy (non-hydrogen) atoms. The Kier molecular flexibility index (Phi) is 3.97. The van der Waals surface area contributed by atoms with Gasteiger partial charge in [-0.15, -0.1) is 0 Å². The van der Waals surface area contributed by atoms with Gasteiger partial charge in [-0.3, -0.25) is 9.78 Å². The van der Waals surface area contributed by atoms with E-state index in [2.05, 4.69) is 4.98 Å². The van der Waals surface area contributed by atoms with Crippen LogP contribution in [0, 0.1) is 0 Å². The molecule has 1 aliphatic rings. The molecule has 4 heteroatoms. The second kappa shape index (κ2) is 5.48. The molecular weight excluding hydrogens is 228 g/mol. The van der Waals surface area contributed by atoms with Crippen molar-refractivity contribution in [3.8, 4) is 0 Å². The van der Waals surface area contributed by atoms with Crippen LogP contribution in [0.3, 0.4) is 0 Å². The minimum Gasteiger partial charge on any atom is -0.388 e. The maximum atomic E-state index is 12.0. The average molecular weight is 248 g/mol. The van der Waals surface area contributed by atoms with Gasteiger partial charge in [0.2, 0.25) is 5.91 Å². The van der Waals surface area contributed by atoms with Crippen molar-refractivity contribution in [2.75, 3.05) is 13.6 Å². The Bertz CT molecular complexity index is 400. The molecule has 1 aliphatic carbocycles. The summed E-state index contributed by atoms with van der Waals surface area (Å²) in [7, 11) is 1.75. The normalized spacial score (nSPS) is 17.7. The first-order valence-corrected chi connectivity index (χ1v) is 6.45. The first kappa shape index (κ1) is 13.0. The molecule has 1 aromatic heterocycles. The van der Waals surface area contributed by atoms with Crippen LogP contribution in [0.25, 0.3) is 0 Å². The highest BCUT2D eigenvalue weighted by Crippen LogP contribution is 2.29. The number of hydrogen-bond acceptors (Lipinski definition) is 3. The molecule has 1 N–H and O–H groups in total. The molecule has 0 atom stereocenters. The number of pyridine rings is 1. The number of carbonyl (C=O) groups is 1. The van der Waals surface area contributed by atoms with Gasteiger partial charge >= 0.3 is 0 Å². The van der Waals surface area contributed by atoms with Crippen LogP contribution in [0.1, 0.15) is 31.4 Å². The highest BCUT2D eigenvalue weighted by molar-refractivity contribution is 5.78. The Morgan fingerprint density at radius 2 is 2.17 bits per heavy atom. The molecule has 0 aromatic carbocycles. The lowest BCUT2D eigenvalue weighted by Crippen LogP contribution is -2.42. The van der Waals surface area contributed by atoms with E-state index >= 15 is 0 Å². The Morgan fingerprint density at radius 1 is 1.44 bits per heavy atom. The minimum absolute atomic E-state index is 0.00836. The van der Waals surface area contributed by atoms with Gasteiger partial charge in [0.25, 0.3) is 0 Å². The first-order chi connectivity index (χ1) is 8.59. The van der Waals surface area contributed by atoms with Crippen LogP contribution < -0.4 is 0 Å². The summed E-state index contributed by atoms with van der Waals surface area (Å²) < 4.78 is 0. The Morgan fingerprint density at radius 3 is 2.78 bits per heavy atom. The van der Waals surface area contributed by atoms with Gasteiger partial charge in [0.05, 0.1) is 12.0 Å². The summed E-state index contributed by atoms with van der Waals surface area (Å²) in [6, 6.07) is 5.55. The summed E-state index contributed by atoms with van der Waals surface area (Å²) in [6.07, 6.45) is 5.69. The van der Waals surface area contributed by atoms with E-state index in [1.807, 2.05) is 18.2 Å². The number of carbonyl (C=O) groups excluding carboxylic acids is 1. The Hall–Kier alpha value is -1.42. The maximum Gasteiger partial charge on any atom is 0.228 e. The number of amides is 1. The number of rotatable bonds is 4. The molecule has 0 saturated heterocycles. The van der Waals surface area contributed by atoms with Crippen molar-refractivity contribution in [3.05, 3.63) is 30.1 Å². The summed E-state index contributed by atoms with van der Waals surface area (Å²) >= 11 is 0. The summed E-state index contributed by atoms with van der Waals surface area (Å²) in [5.74, 6) is 0.00836. The van der Waals surface area contributed by atoms with Crippen molar-refractivity contribution in [3.63, 3.8) is 0 Å². The fraction of sp³-hybridized carbons (Fsp3) is 0.571. The zero-order valence-corrected chi connectivity index (χ0v) is 10.8. The van der Waals surface area contributed by atoms with Gasteiger partial charge in [0, 0.05) is 25.5 Å². The molecule has 1 saturated carbocycles.